The van der Waals surface area contributed by atoms with Crippen molar-refractivity contribution in [3.63, 3.8) is 0 Å². The zero-order valence-electron chi connectivity index (χ0n) is 16.1. The van der Waals surface area contributed by atoms with Crippen LogP contribution in [-0.2, 0) is 17.5 Å². The lowest BCUT2D eigenvalue weighted by molar-refractivity contribution is -0.137. The Morgan fingerprint density at radius 1 is 1.37 bits per heavy atom. The molecule has 0 bridgehead atoms. The number of hydrogen-bond acceptors (Lipinski definition) is 3. The highest BCUT2D eigenvalue weighted by Crippen LogP contribution is 2.29. The fourth-order valence-corrected chi connectivity index (χ4v) is 3.11. The van der Waals surface area contributed by atoms with Crippen molar-refractivity contribution in [3.8, 4) is 0 Å². The highest BCUT2D eigenvalue weighted by atomic mass is 19.4. The molecule has 2 unspecified atom stereocenters. The van der Waals surface area contributed by atoms with E-state index < -0.39 is 11.7 Å². The number of hydrogen-bond donors (Lipinski definition) is 2. The van der Waals surface area contributed by atoms with Crippen molar-refractivity contribution in [1.29, 1.82) is 0 Å². The summed E-state index contributed by atoms with van der Waals surface area (Å²) in [6.45, 7) is 10.1. The Labute approximate surface area is 159 Å². The van der Waals surface area contributed by atoms with Crippen LogP contribution in [0.4, 0.5) is 13.2 Å². The van der Waals surface area contributed by atoms with Crippen LogP contribution < -0.4 is 10.6 Å². The Bertz CT molecular complexity index is 621. The second kappa shape index (κ2) is 9.94. The van der Waals surface area contributed by atoms with E-state index >= 15 is 0 Å². The maximum Gasteiger partial charge on any atom is 0.416 e. The van der Waals surface area contributed by atoms with Crippen LogP contribution >= 0.6 is 0 Å². The van der Waals surface area contributed by atoms with E-state index in [2.05, 4.69) is 34.4 Å². The summed E-state index contributed by atoms with van der Waals surface area (Å²) in [4.78, 5) is 6.81. The maximum atomic E-state index is 12.8. The van der Waals surface area contributed by atoms with Gasteiger partial charge in [0.25, 0.3) is 0 Å². The second-order valence-electron chi connectivity index (χ2n) is 6.78. The molecule has 5 nitrogen and oxygen atoms in total. The van der Waals surface area contributed by atoms with E-state index in [4.69, 9.17) is 4.74 Å². The van der Waals surface area contributed by atoms with E-state index in [9.17, 15) is 13.2 Å². The van der Waals surface area contributed by atoms with Crippen LogP contribution in [0.5, 0.6) is 0 Å². The van der Waals surface area contributed by atoms with Gasteiger partial charge < -0.3 is 15.4 Å². The molecular formula is C19H29F3N4O. The zero-order chi connectivity index (χ0) is 19.9. The van der Waals surface area contributed by atoms with Crippen molar-refractivity contribution in [3.05, 3.63) is 35.4 Å². The third kappa shape index (κ3) is 6.70. The molecule has 0 aromatic heterocycles. The molecule has 27 heavy (non-hydrogen) atoms. The first-order valence-corrected chi connectivity index (χ1v) is 9.33. The van der Waals surface area contributed by atoms with E-state index in [1.165, 1.54) is 6.07 Å². The van der Waals surface area contributed by atoms with E-state index in [-0.39, 0.29) is 6.54 Å². The van der Waals surface area contributed by atoms with E-state index in [0.717, 1.165) is 31.9 Å². The summed E-state index contributed by atoms with van der Waals surface area (Å²) >= 11 is 0. The highest BCUT2D eigenvalue weighted by molar-refractivity contribution is 5.79. The lowest BCUT2D eigenvalue weighted by atomic mass is 10.1. The summed E-state index contributed by atoms with van der Waals surface area (Å²) in [5.74, 6) is 0.600. The lowest BCUT2D eigenvalue weighted by Crippen LogP contribution is -2.53. The minimum Gasteiger partial charge on any atom is -0.379 e. The van der Waals surface area contributed by atoms with Crippen LogP contribution in [0.15, 0.2) is 29.3 Å². The number of benzene rings is 1. The van der Waals surface area contributed by atoms with Gasteiger partial charge in [-0.2, -0.15) is 13.2 Å². The lowest BCUT2D eigenvalue weighted by Gasteiger charge is -2.38. The molecule has 2 atom stereocenters. The Balaban J connectivity index is 1.96. The molecule has 0 amide bonds. The fraction of sp³-hybridized carbons (Fsp3) is 0.632. The van der Waals surface area contributed by atoms with E-state index in [1.54, 1.807) is 6.07 Å². The third-order valence-corrected chi connectivity index (χ3v) is 4.57. The van der Waals surface area contributed by atoms with Gasteiger partial charge >= 0.3 is 6.18 Å². The number of morpholine rings is 1. The number of ether oxygens (including phenoxy) is 1. The SMILES string of the molecule is CCNC(=NCc1cccc(C(F)(F)F)c1)NCC(C)N1CCOCC1C. The van der Waals surface area contributed by atoms with Gasteiger partial charge in [-0.3, -0.25) is 4.90 Å². The minimum absolute atomic E-state index is 0.182. The van der Waals surface area contributed by atoms with Gasteiger partial charge in [0.15, 0.2) is 5.96 Å². The Morgan fingerprint density at radius 3 is 2.81 bits per heavy atom. The summed E-state index contributed by atoms with van der Waals surface area (Å²) in [6, 6.07) is 5.94. The predicted octanol–water partition coefficient (Wildman–Crippen LogP) is 2.87. The van der Waals surface area contributed by atoms with Crippen molar-refractivity contribution in [2.75, 3.05) is 32.8 Å². The van der Waals surface area contributed by atoms with Crippen molar-refractivity contribution in [2.45, 2.75) is 45.6 Å². The Morgan fingerprint density at radius 2 is 2.15 bits per heavy atom. The molecule has 152 valence electrons. The number of aliphatic imine (C=N–C) groups is 1. The van der Waals surface area contributed by atoms with Gasteiger partial charge in [-0.05, 0) is 38.5 Å². The average molecular weight is 386 g/mol. The third-order valence-electron chi connectivity index (χ3n) is 4.57. The Hall–Kier alpha value is -1.80. The summed E-state index contributed by atoms with van der Waals surface area (Å²) in [7, 11) is 0. The average Bonchev–Trinajstić information content (AvgIpc) is 2.63. The predicted molar refractivity (Wildman–Crippen MR) is 101 cm³/mol. The molecule has 1 aliphatic heterocycles. The quantitative estimate of drug-likeness (QED) is 0.583. The van der Waals surface area contributed by atoms with E-state index in [0.29, 0.717) is 36.7 Å². The molecule has 1 aliphatic rings. The van der Waals surface area contributed by atoms with Crippen LogP contribution in [0, 0.1) is 0 Å². The van der Waals surface area contributed by atoms with Gasteiger partial charge in [0.1, 0.15) is 0 Å². The topological polar surface area (TPSA) is 48.9 Å². The molecule has 0 radical (unpaired) electrons. The largest absolute Gasteiger partial charge is 0.416 e. The molecule has 1 heterocycles. The van der Waals surface area contributed by atoms with Crippen molar-refractivity contribution in [1.82, 2.24) is 15.5 Å². The van der Waals surface area contributed by atoms with Crippen molar-refractivity contribution >= 4 is 5.96 Å². The first-order valence-electron chi connectivity index (χ1n) is 9.33. The van der Waals surface area contributed by atoms with Crippen LogP contribution in [0.3, 0.4) is 0 Å². The fourth-order valence-electron chi connectivity index (χ4n) is 3.11. The summed E-state index contributed by atoms with van der Waals surface area (Å²) in [5.41, 5.74) is -0.125. The number of guanidine groups is 1. The number of rotatable bonds is 6. The Kier molecular flexibility index (Phi) is 7.91. The second-order valence-corrected chi connectivity index (χ2v) is 6.78. The molecule has 8 heteroatoms. The number of halogens is 3. The summed E-state index contributed by atoms with van der Waals surface area (Å²) in [6.07, 6.45) is -4.34. The van der Waals surface area contributed by atoms with Gasteiger partial charge in [0, 0.05) is 31.7 Å². The highest BCUT2D eigenvalue weighted by Gasteiger charge is 2.30. The molecule has 1 fully saturated rings. The molecule has 0 aliphatic carbocycles. The smallest absolute Gasteiger partial charge is 0.379 e. The van der Waals surface area contributed by atoms with Crippen LogP contribution in [-0.4, -0.2) is 55.8 Å². The van der Waals surface area contributed by atoms with Crippen LogP contribution in [0.1, 0.15) is 31.9 Å². The van der Waals surface area contributed by atoms with Crippen molar-refractivity contribution in [2.24, 2.45) is 4.99 Å². The molecule has 0 spiro atoms. The molecule has 1 saturated heterocycles. The number of nitrogens with zero attached hydrogens (tertiary/aromatic N) is 2. The minimum atomic E-state index is -4.34. The first kappa shape index (κ1) is 21.5. The summed E-state index contributed by atoms with van der Waals surface area (Å²) < 4.78 is 44.0. The van der Waals surface area contributed by atoms with Gasteiger partial charge in [-0.15, -0.1) is 0 Å². The van der Waals surface area contributed by atoms with Crippen LogP contribution in [0.2, 0.25) is 0 Å². The molecule has 1 aromatic carbocycles. The molecule has 2 rings (SSSR count). The zero-order valence-corrected chi connectivity index (χ0v) is 16.1. The van der Waals surface area contributed by atoms with Crippen LogP contribution in [0.25, 0.3) is 0 Å². The number of alkyl halides is 3. The summed E-state index contributed by atoms with van der Waals surface area (Å²) in [5, 5.41) is 6.43. The van der Waals surface area contributed by atoms with Gasteiger partial charge in [0.05, 0.1) is 25.3 Å². The first-order chi connectivity index (χ1) is 12.8. The molecule has 2 N–H and O–H groups in total. The van der Waals surface area contributed by atoms with Crippen molar-refractivity contribution < 1.29 is 17.9 Å². The normalized spacial score (nSPS) is 20.4. The standard InChI is InChI=1S/C19H29F3N4O/c1-4-23-18(24-11-14(2)26-8-9-27-13-15(26)3)25-12-16-6-5-7-17(10-16)19(20,21)22/h5-7,10,14-15H,4,8-9,11-13H2,1-3H3,(H2,23,24,25). The monoisotopic (exact) mass is 386 g/mol. The van der Waals surface area contributed by atoms with Gasteiger partial charge in [-0.1, -0.05) is 12.1 Å². The molecule has 1 aromatic rings. The van der Waals surface area contributed by atoms with Gasteiger partial charge in [0.2, 0.25) is 0 Å². The maximum absolute atomic E-state index is 12.8. The molecule has 0 saturated carbocycles. The van der Waals surface area contributed by atoms with Gasteiger partial charge in [-0.25, -0.2) is 4.99 Å². The van der Waals surface area contributed by atoms with E-state index in [1.807, 2.05) is 6.92 Å². The molecular weight excluding hydrogens is 357 g/mol. The number of nitrogens with one attached hydrogen (secondary N) is 2.